The number of rotatable bonds is 1. The van der Waals surface area contributed by atoms with Crippen molar-refractivity contribution in [3.8, 4) is 0 Å². The quantitative estimate of drug-likeness (QED) is 0.798. The van der Waals surface area contributed by atoms with Gasteiger partial charge in [-0.15, -0.1) is 12.4 Å². The van der Waals surface area contributed by atoms with Crippen LogP contribution in [0, 0.1) is 6.92 Å². The SMILES string of the molecule is Cc1cnc2c(S(=O)(=O)O)cccc2c1.Cl. The predicted molar refractivity (Wildman–Crippen MR) is 63.5 cm³/mol. The molecule has 0 bridgehead atoms. The number of para-hydroxylation sites is 1. The Hall–Kier alpha value is -1.17. The second-order valence-electron chi connectivity index (χ2n) is 3.32. The number of benzene rings is 1. The largest absolute Gasteiger partial charge is 0.296 e. The summed E-state index contributed by atoms with van der Waals surface area (Å²) in [6, 6.07) is 6.48. The Labute approximate surface area is 99.5 Å². The first kappa shape index (κ1) is 12.9. The molecule has 16 heavy (non-hydrogen) atoms. The van der Waals surface area contributed by atoms with Gasteiger partial charge in [-0.1, -0.05) is 12.1 Å². The Balaban J connectivity index is 0.00000128. The molecule has 0 aliphatic rings. The van der Waals surface area contributed by atoms with Crippen LogP contribution in [0.2, 0.25) is 0 Å². The minimum absolute atomic E-state index is 0. The minimum atomic E-state index is -4.20. The molecule has 2 aromatic rings. The standard InChI is InChI=1S/C10H9NO3S.ClH/c1-7-5-8-3-2-4-9(15(12,13)14)10(8)11-6-7;/h2-6H,1H3,(H,12,13,14);1H. The molecule has 0 atom stereocenters. The van der Waals surface area contributed by atoms with Crippen molar-refractivity contribution < 1.29 is 13.0 Å². The van der Waals surface area contributed by atoms with Crippen molar-refractivity contribution in [2.45, 2.75) is 11.8 Å². The van der Waals surface area contributed by atoms with Crippen LogP contribution in [0.4, 0.5) is 0 Å². The van der Waals surface area contributed by atoms with Crippen molar-refractivity contribution >= 4 is 33.4 Å². The maximum Gasteiger partial charge on any atom is 0.296 e. The lowest BCUT2D eigenvalue weighted by molar-refractivity contribution is 0.484. The van der Waals surface area contributed by atoms with E-state index >= 15 is 0 Å². The van der Waals surface area contributed by atoms with E-state index < -0.39 is 10.1 Å². The second-order valence-corrected chi connectivity index (χ2v) is 4.71. The second kappa shape index (κ2) is 4.37. The van der Waals surface area contributed by atoms with Gasteiger partial charge in [0.2, 0.25) is 0 Å². The molecule has 0 saturated carbocycles. The first-order chi connectivity index (χ1) is 6.98. The molecule has 0 aliphatic carbocycles. The van der Waals surface area contributed by atoms with E-state index in [0.29, 0.717) is 10.9 Å². The van der Waals surface area contributed by atoms with Gasteiger partial charge in [0, 0.05) is 11.6 Å². The van der Waals surface area contributed by atoms with Crippen LogP contribution in [-0.2, 0) is 10.1 Å². The van der Waals surface area contributed by atoms with Gasteiger partial charge in [-0.25, -0.2) is 0 Å². The maximum absolute atomic E-state index is 11.0. The fourth-order valence-corrected chi connectivity index (χ4v) is 2.12. The monoisotopic (exact) mass is 259 g/mol. The van der Waals surface area contributed by atoms with Crippen molar-refractivity contribution in [1.82, 2.24) is 4.98 Å². The van der Waals surface area contributed by atoms with Crippen molar-refractivity contribution in [1.29, 1.82) is 0 Å². The van der Waals surface area contributed by atoms with Gasteiger partial charge in [0.1, 0.15) is 4.90 Å². The van der Waals surface area contributed by atoms with Crippen LogP contribution < -0.4 is 0 Å². The zero-order valence-electron chi connectivity index (χ0n) is 8.41. The average Bonchev–Trinajstić information content (AvgIpc) is 2.15. The summed E-state index contributed by atoms with van der Waals surface area (Å²) in [6.45, 7) is 1.87. The van der Waals surface area contributed by atoms with E-state index in [4.69, 9.17) is 4.55 Å². The van der Waals surface area contributed by atoms with Crippen molar-refractivity contribution in [2.75, 3.05) is 0 Å². The van der Waals surface area contributed by atoms with Crippen LogP contribution in [0.5, 0.6) is 0 Å². The first-order valence-electron chi connectivity index (χ1n) is 4.31. The van der Waals surface area contributed by atoms with E-state index in [1.165, 1.54) is 6.07 Å². The van der Waals surface area contributed by atoms with Crippen LogP contribution >= 0.6 is 12.4 Å². The third-order valence-corrected chi connectivity index (χ3v) is 2.97. The van der Waals surface area contributed by atoms with Crippen molar-refractivity contribution in [2.24, 2.45) is 0 Å². The highest BCUT2D eigenvalue weighted by Gasteiger charge is 2.14. The lowest BCUT2D eigenvalue weighted by Crippen LogP contribution is -2.00. The molecule has 0 fully saturated rings. The third kappa shape index (κ3) is 2.32. The van der Waals surface area contributed by atoms with Crippen molar-refractivity contribution in [3.05, 3.63) is 36.0 Å². The average molecular weight is 260 g/mol. The van der Waals surface area contributed by atoms with E-state index in [-0.39, 0.29) is 17.3 Å². The lowest BCUT2D eigenvalue weighted by Gasteiger charge is -2.02. The van der Waals surface area contributed by atoms with E-state index in [0.717, 1.165) is 5.56 Å². The molecule has 6 heteroatoms. The number of fused-ring (bicyclic) bond motifs is 1. The van der Waals surface area contributed by atoms with Gasteiger partial charge in [-0.2, -0.15) is 8.42 Å². The summed E-state index contributed by atoms with van der Waals surface area (Å²) in [7, 11) is -4.20. The number of halogens is 1. The Morgan fingerprint density at radius 2 is 2.00 bits per heavy atom. The number of aryl methyl sites for hydroxylation is 1. The molecule has 2 rings (SSSR count). The number of hydrogen-bond acceptors (Lipinski definition) is 3. The Morgan fingerprint density at radius 1 is 1.31 bits per heavy atom. The van der Waals surface area contributed by atoms with E-state index in [2.05, 4.69) is 4.98 Å². The summed E-state index contributed by atoms with van der Waals surface area (Å²) in [5.41, 5.74) is 1.24. The lowest BCUT2D eigenvalue weighted by atomic mass is 10.2. The number of hydrogen-bond donors (Lipinski definition) is 1. The molecule has 4 nitrogen and oxygen atoms in total. The zero-order valence-corrected chi connectivity index (χ0v) is 10.0. The Bertz CT molecular complexity index is 625. The van der Waals surface area contributed by atoms with Crippen LogP contribution in [0.3, 0.4) is 0 Å². The predicted octanol–water partition coefficient (Wildman–Crippen LogP) is 2.21. The summed E-state index contributed by atoms with van der Waals surface area (Å²) in [5, 5.41) is 0.699. The highest BCUT2D eigenvalue weighted by atomic mass is 35.5. The molecule has 0 saturated heterocycles. The van der Waals surface area contributed by atoms with Crippen molar-refractivity contribution in [3.63, 3.8) is 0 Å². The molecule has 0 aliphatic heterocycles. The number of pyridine rings is 1. The molecular formula is C10H10ClNO3S. The third-order valence-electron chi connectivity index (χ3n) is 2.09. The van der Waals surface area contributed by atoms with Gasteiger partial charge in [0.15, 0.2) is 0 Å². The fourth-order valence-electron chi connectivity index (χ4n) is 1.45. The first-order valence-corrected chi connectivity index (χ1v) is 5.75. The fraction of sp³-hybridized carbons (Fsp3) is 0.100. The van der Waals surface area contributed by atoms with Crippen LogP contribution in [-0.4, -0.2) is 18.0 Å². The smallest absolute Gasteiger partial charge is 0.282 e. The van der Waals surface area contributed by atoms with Gasteiger partial charge >= 0.3 is 0 Å². The molecule has 1 aromatic heterocycles. The van der Waals surface area contributed by atoms with Gasteiger partial charge in [0.25, 0.3) is 10.1 Å². The molecule has 0 radical (unpaired) electrons. The van der Waals surface area contributed by atoms with Gasteiger partial charge in [-0.3, -0.25) is 9.54 Å². The number of nitrogens with zero attached hydrogens (tertiary/aromatic N) is 1. The molecule has 0 amide bonds. The van der Waals surface area contributed by atoms with Gasteiger partial charge in [0.05, 0.1) is 5.52 Å². The summed E-state index contributed by atoms with van der Waals surface area (Å²) >= 11 is 0. The molecule has 1 N–H and O–H groups in total. The maximum atomic E-state index is 11.0. The molecule has 0 unspecified atom stereocenters. The molecule has 1 heterocycles. The molecule has 86 valence electrons. The molecular weight excluding hydrogens is 250 g/mol. The highest BCUT2D eigenvalue weighted by Crippen LogP contribution is 2.21. The van der Waals surface area contributed by atoms with Gasteiger partial charge < -0.3 is 0 Å². The summed E-state index contributed by atoms with van der Waals surface area (Å²) in [5.74, 6) is 0. The summed E-state index contributed by atoms with van der Waals surface area (Å²) in [4.78, 5) is 3.86. The van der Waals surface area contributed by atoms with E-state index in [9.17, 15) is 8.42 Å². The molecule has 1 aromatic carbocycles. The van der Waals surface area contributed by atoms with Crippen LogP contribution in [0.1, 0.15) is 5.56 Å². The highest BCUT2D eigenvalue weighted by molar-refractivity contribution is 7.86. The summed E-state index contributed by atoms with van der Waals surface area (Å²) in [6.07, 6.45) is 1.57. The molecule has 0 spiro atoms. The zero-order chi connectivity index (χ0) is 11.1. The topological polar surface area (TPSA) is 67.3 Å². The van der Waals surface area contributed by atoms with Gasteiger partial charge in [-0.05, 0) is 24.6 Å². The number of aromatic nitrogens is 1. The summed E-state index contributed by atoms with van der Waals surface area (Å²) < 4.78 is 31.1. The minimum Gasteiger partial charge on any atom is -0.282 e. The van der Waals surface area contributed by atoms with Crippen LogP contribution in [0.15, 0.2) is 35.4 Å². The Kier molecular flexibility index (Phi) is 3.52. The van der Waals surface area contributed by atoms with Crippen LogP contribution in [0.25, 0.3) is 10.9 Å². The van der Waals surface area contributed by atoms with E-state index in [1.54, 1.807) is 18.3 Å². The normalized spacial score (nSPS) is 11.1. The Morgan fingerprint density at radius 3 is 2.62 bits per heavy atom. The van der Waals surface area contributed by atoms with E-state index in [1.807, 2.05) is 13.0 Å².